The molecule has 4 rings (SSSR count). The molecule has 0 aliphatic carbocycles. The number of aromatic nitrogens is 4. The topological polar surface area (TPSA) is 75.1 Å². The minimum Gasteiger partial charge on any atom is -0.312 e. The van der Waals surface area contributed by atoms with Gasteiger partial charge in [-0.2, -0.15) is 5.10 Å². The Morgan fingerprint density at radius 1 is 1.36 bits per heavy atom. The molecule has 6 nitrogen and oxygen atoms in total. The number of carbonyl (C=O) groups excluding carboxylic acids is 1. The van der Waals surface area contributed by atoms with E-state index in [2.05, 4.69) is 20.5 Å². The largest absolute Gasteiger partial charge is 0.312 e. The number of carbonyl (C=O) groups is 1. The summed E-state index contributed by atoms with van der Waals surface area (Å²) in [5.74, 6) is -0.435. The molecule has 0 bridgehead atoms. The van der Waals surface area contributed by atoms with E-state index in [1.54, 1.807) is 28.9 Å². The van der Waals surface area contributed by atoms with Gasteiger partial charge in [-0.15, -0.1) is 0 Å². The van der Waals surface area contributed by atoms with Crippen LogP contribution in [0.2, 0.25) is 5.02 Å². The van der Waals surface area contributed by atoms with Crippen LogP contribution in [0.3, 0.4) is 0 Å². The van der Waals surface area contributed by atoms with Crippen LogP contribution in [0.4, 0.5) is 14.6 Å². The SMILES string of the molecule is O=CNc1cn2cc(-c3c(Cl)c(F)c(CF)c4[nH]ncc34)ccc2n1. The van der Waals surface area contributed by atoms with Crippen molar-refractivity contribution >= 4 is 40.4 Å². The molecular formula is C16H10ClF2N5O. The van der Waals surface area contributed by atoms with Crippen molar-refractivity contribution in [2.75, 3.05) is 5.32 Å². The van der Waals surface area contributed by atoms with E-state index in [9.17, 15) is 13.6 Å². The Hall–Kier alpha value is -3.00. The quantitative estimate of drug-likeness (QED) is 0.544. The number of fused-ring (bicyclic) bond motifs is 2. The molecule has 0 radical (unpaired) electrons. The van der Waals surface area contributed by atoms with Crippen molar-refractivity contribution in [1.82, 2.24) is 19.6 Å². The zero-order valence-electron chi connectivity index (χ0n) is 12.6. The number of amides is 1. The zero-order valence-corrected chi connectivity index (χ0v) is 13.3. The fourth-order valence-corrected chi connectivity index (χ4v) is 3.18. The van der Waals surface area contributed by atoms with Crippen LogP contribution in [0.25, 0.3) is 27.7 Å². The number of aromatic amines is 1. The Kier molecular flexibility index (Phi) is 3.61. The van der Waals surface area contributed by atoms with Crippen molar-refractivity contribution in [3.63, 3.8) is 0 Å². The Balaban J connectivity index is 1.98. The first-order valence-electron chi connectivity index (χ1n) is 7.22. The maximum absolute atomic E-state index is 14.5. The van der Waals surface area contributed by atoms with Crippen LogP contribution >= 0.6 is 11.6 Å². The number of halogens is 3. The highest BCUT2D eigenvalue weighted by Crippen LogP contribution is 2.39. The van der Waals surface area contributed by atoms with Crippen LogP contribution in [0.1, 0.15) is 5.56 Å². The summed E-state index contributed by atoms with van der Waals surface area (Å²) >= 11 is 6.19. The molecule has 9 heteroatoms. The third-order valence-corrected chi connectivity index (χ3v) is 4.32. The second-order valence-corrected chi connectivity index (χ2v) is 5.72. The van der Waals surface area contributed by atoms with E-state index in [0.717, 1.165) is 0 Å². The van der Waals surface area contributed by atoms with E-state index < -0.39 is 12.5 Å². The zero-order chi connectivity index (χ0) is 17.6. The molecule has 0 aliphatic heterocycles. The normalized spacial score (nSPS) is 11.3. The van der Waals surface area contributed by atoms with Gasteiger partial charge in [-0.3, -0.25) is 9.89 Å². The van der Waals surface area contributed by atoms with Gasteiger partial charge in [-0.25, -0.2) is 13.8 Å². The first-order chi connectivity index (χ1) is 12.1. The molecule has 0 unspecified atom stereocenters. The van der Waals surface area contributed by atoms with Crippen LogP contribution in [0, 0.1) is 5.82 Å². The van der Waals surface area contributed by atoms with E-state index in [0.29, 0.717) is 34.4 Å². The number of anilines is 1. The van der Waals surface area contributed by atoms with Crippen LogP contribution in [-0.4, -0.2) is 26.0 Å². The average molecular weight is 362 g/mol. The first kappa shape index (κ1) is 15.5. The van der Waals surface area contributed by atoms with Gasteiger partial charge in [0.2, 0.25) is 6.41 Å². The smallest absolute Gasteiger partial charge is 0.212 e. The average Bonchev–Trinajstić information content (AvgIpc) is 3.22. The van der Waals surface area contributed by atoms with E-state index in [-0.39, 0.29) is 16.1 Å². The molecule has 3 heterocycles. The van der Waals surface area contributed by atoms with Gasteiger partial charge in [0, 0.05) is 28.3 Å². The second kappa shape index (κ2) is 5.82. The molecule has 25 heavy (non-hydrogen) atoms. The molecule has 3 aromatic heterocycles. The minimum atomic E-state index is -0.994. The molecular weight excluding hydrogens is 352 g/mol. The Morgan fingerprint density at radius 2 is 2.20 bits per heavy atom. The Morgan fingerprint density at radius 3 is 2.96 bits per heavy atom. The summed E-state index contributed by atoms with van der Waals surface area (Å²) in [7, 11) is 0. The number of alkyl halides is 1. The van der Waals surface area contributed by atoms with E-state index in [4.69, 9.17) is 11.6 Å². The lowest BCUT2D eigenvalue weighted by Crippen LogP contribution is -1.95. The van der Waals surface area contributed by atoms with Crippen LogP contribution in [0.5, 0.6) is 0 Å². The lowest BCUT2D eigenvalue weighted by Gasteiger charge is -2.11. The van der Waals surface area contributed by atoms with Crippen molar-refractivity contribution < 1.29 is 13.6 Å². The molecule has 0 saturated carbocycles. The van der Waals surface area contributed by atoms with Crippen molar-refractivity contribution in [2.24, 2.45) is 0 Å². The lowest BCUT2D eigenvalue weighted by atomic mass is 10.00. The van der Waals surface area contributed by atoms with Crippen molar-refractivity contribution in [2.45, 2.75) is 6.67 Å². The van der Waals surface area contributed by atoms with Crippen molar-refractivity contribution in [3.8, 4) is 11.1 Å². The molecule has 0 aliphatic rings. The predicted octanol–water partition coefficient (Wildman–Crippen LogP) is 3.71. The summed E-state index contributed by atoms with van der Waals surface area (Å²) in [6.07, 6.45) is 5.31. The molecule has 1 aromatic carbocycles. The van der Waals surface area contributed by atoms with Gasteiger partial charge in [-0.05, 0) is 12.1 Å². The molecule has 0 saturated heterocycles. The minimum absolute atomic E-state index is 0.151. The van der Waals surface area contributed by atoms with Crippen molar-refractivity contribution in [1.29, 1.82) is 0 Å². The number of rotatable bonds is 4. The van der Waals surface area contributed by atoms with E-state index in [1.165, 1.54) is 6.20 Å². The monoisotopic (exact) mass is 361 g/mol. The number of benzene rings is 1. The van der Waals surface area contributed by atoms with Crippen molar-refractivity contribution in [3.05, 3.63) is 47.1 Å². The van der Waals surface area contributed by atoms with Gasteiger partial charge in [0.05, 0.1) is 22.9 Å². The number of H-pyrrole nitrogens is 1. The van der Waals surface area contributed by atoms with Crippen LogP contribution in [-0.2, 0) is 11.5 Å². The second-order valence-electron chi connectivity index (χ2n) is 5.35. The molecule has 126 valence electrons. The number of pyridine rings is 1. The maximum Gasteiger partial charge on any atom is 0.212 e. The molecule has 1 amide bonds. The van der Waals surface area contributed by atoms with Gasteiger partial charge in [0.25, 0.3) is 0 Å². The van der Waals surface area contributed by atoms with Crippen LogP contribution in [0.15, 0.2) is 30.7 Å². The van der Waals surface area contributed by atoms with E-state index in [1.807, 2.05) is 0 Å². The van der Waals surface area contributed by atoms with Crippen LogP contribution < -0.4 is 5.32 Å². The predicted molar refractivity (Wildman–Crippen MR) is 89.7 cm³/mol. The number of hydrogen-bond acceptors (Lipinski definition) is 3. The summed E-state index contributed by atoms with van der Waals surface area (Å²) in [5, 5.41) is 9.31. The fourth-order valence-electron chi connectivity index (χ4n) is 2.85. The molecule has 0 spiro atoms. The number of imidazole rings is 1. The number of nitrogens with one attached hydrogen (secondary N) is 2. The van der Waals surface area contributed by atoms with Gasteiger partial charge in [0.15, 0.2) is 5.82 Å². The summed E-state index contributed by atoms with van der Waals surface area (Å²) in [4.78, 5) is 14.7. The third-order valence-electron chi connectivity index (χ3n) is 3.97. The van der Waals surface area contributed by atoms with Gasteiger partial charge in [0.1, 0.15) is 18.1 Å². The van der Waals surface area contributed by atoms with Gasteiger partial charge < -0.3 is 9.72 Å². The summed E-state index contributed by atoms with van der Waals surface area (Å²) in [5.41, 5.74) is 1.72. The summed E-state index contributed by atoms with van der Waals surface area (Å²) < 4.78 is 29.4. The molecule has 0 fully saturated rings. The third kappa shape index (κ3) is 2.33. The highest BCUT2D eigenvalue weighted by atomic mass is 35.5. The summed E-state index contributed by atoms with van der Waals surface area (Å²) in [6.45, 7) is -0.994. The van der Waals surface area contributed by atoms with Gasteiger partial charge in [-0.1, -0.05) is 11.6 Å². The molecule has 2 N–H and O–H groups in total. The molecule has 4 aromatic rings. The van der Waals surface area contributed by atoms with Gasteiger partial charge >= 0.3 is 0 Å². The highest BCUT2D eigenvalue weighted by Gasteiger charge is 2.21. The van der Waals surface area contributed by atoms with E-state index >= 15 is 0 Å². The highest BCUT2D eigenvalue weighted by molar-refractivity contribution is 6.35. The number of nitrogens with zero attached hydrogens (tertiary/aromatic N) is 3. The number of hydrogen-bond donors (Lipinski definition) is 2. The fraction of sp³-hybridized carbons (Fsp3) is 0.0625. The lowest BCUT2D eigenvalue weighted by molar-refractivity contribution is -0.105. The summed E-state index contributed by atoms with van der Waals surface area (Å²) in [6, 6.07) is 3.42. The Bertz CT molecular complexity index is 1120. The standard InChI is InChI=1S/C16H10ClF2N5O/c17-14-13(10-4-21-23-16(10)9(3-18)15(14)19)8-1-2-12-22-11(20-7-25)6-24(12)5-8/h1-2,4-7H,3H2,(H,20,25)(H,21,23). The molecule has 0 atom stereocenters. The first-order valence-corrected chi connectivity index (χ1v) is 7.60. The maximum atomic E-state index is 14.5. The Labute approximate surface area is 144 Å².